The molecule has 2 aromatic heterocycles. The fraction of sp³-hybridized carbons (Fsp3) is 0.286. The van der Waals surface area contributed by atoms with Crippen molar-refractivity contribution >= 4 is 17.4 Å². The molecule has 0 spiro atoms. The van der Waals surface area contributed by atoms with Crippen molar-refractivity contribution in [2.45, 2.75) is 12.6 Å². The topological polar surface area (TPSA) is 53.9 Å². The Morgan fingerprint density at radius 2 is 1.93 bits per heavy atom. The van der Waals surface area contributed by atoms with Crippen LogP contribution in [0.1, 0.15) is 5.69 Å². The third kappa shape index (κ3) is 3.45. The van der Waals surface area contributed by atoms with E-state index >= 15 is 0 Å². The van der Waals surface area contributed by atoms with E-state index in [1.54, 1.807) is 0 Å². The number of nitrogens with one attached hydrogen (secondary N) is 1. The predicted molar refractivity (Wildman–Crippen MR) is 106 cm³/mol. The minimum Gasteiger partial charge on any atom is -0.365 e. The van der Waals surface area contributed by atoms with Gasteiger partial charge in [0, 0.05) is 37.4 Å². The molecule has 2 aliphatic rings. The zero-order valence-corrected chi connectivity index (χ0v) is 15.9. The van der Waals surface area contributed by atoms with E-state index in [4.69, 9.17) is 11.6 Å². The summed E-state index contributed by atoms with van der Waals surface area (Å²) in [6.07, 6.45) is 1.84. The Labute approximate surface area is 167 Å². The first-order chi connectivity index (χ1) is 13.7. The Bertz CT molecular complexity index is 970. The maximum Gasteiger partial charge on any atom is 0.148 e. The molecule has 1 aliphatic carbocycles. The van der Waals surface area contributed by atoms with Crippen LogP contribution in [0, 0.1) is 17.7 Å². The van der Waals surface area contributed by atoms with E-state index in [0.717, 1.165) is 31.1 Å². The Balaban J connectivity index is 1.18. The van der Waals surface area contributed by atoms with Crippen molar-refractivity contribution in [3.63, 3.8) is 0 Å². The summed E-state index contributed by atoms with van der Waals surface area (Å²) in [6.45, 7) is 3.05. The first-order valence-corrected chi connectivity index (χ1v) is 9.73. The molecule has 5 nitrogen and oxygen atoms in total. The van der Waals surface area contributed by atoms with E-state index < -0.39 is 0 Å². The van der Waals surface area contributed by atoms with Gasteiger partial charge in [0.1, 0.15) is 11.6 Å². The van der Waals surface area contributed by atoms with Gasteiger partial charge in [0.2, 0.25) is 0 Å². The van der Waals surface area contributed by atoms with Crippen molar-refractivity contribution in [2.24, 2.45) is 11.8 Å². The number of halogens is 2. The average Bonchev–Trinajstić information content (AvgIpc) is 3.15. The lowest BCUT2D eigenvalue weighted by Gasteiger charge is -2.19. The number of nitrogens with zero attached hydrogens (tertiary/aromatic N) is 4. The van der Waals surface area contributed by atoms with Gasteiger partial charge < -0.3 is 5.32 Å². The number of hydrogen-bond acceptors (Lipinski definition) is 5. The maximum absolute atomic E-state index is 13.5. The molecule has 5 rings (SSSR count). The molecule has 3 heterocycles. The smallest absolute Gasteiger partial charge is 0.148 e. The number of hydrogen-bond donors (Lipinski definition) is 1. The summed E-state index contributed by atoms with van der Waals surface area (Å²) in [6, 6.07) is 14.4. The molecule has 0 bridgehead atoms. The lowest BCUT2D eigenvalue weighted by Crippen LogP contribution is -2.28. The summed E-state index contributed by atoms with van der Waals surface area (Å²) in [4.78, 5) is 6.86. The molecule has 142 valence electrons. The third-order valence-corrected chi connectivity index (χ3v) is 5.89. The molecule has 0 radical (unpaired) electrons. The van der Waals surface area contributed by atoms with Crippen molar-refractivity contribution in [2.75, 3.05) is 18.4 Å². The summed E-state index contributed by atoms with van der Waals surface area (Å²) in [5, 5.41) is 12.4. The van der Waals surface area contributed by atoms with Gasteiger partial charge in [-0.05, 0) is 54.3 Å². The van der Waals surface area contributed by atoms with Crippen molar-refractivity contribution in [3.05, 3.63) is 71.3 Å². The van der Waals surface area contributed by atoms with Crippen LogP contribution in [0.2, 0.25) is 5.02 Å². The van der Waals surface area contributed by atoms with E-state index in [-0.39, 0.29) is 5.82 Å². The third-order valence-electron chi connectivity index (χ3n) is 5.56. The number of benzene rings is 1. The second kappa shape index (κ2) is 7.11. The molecule has 1 saturated heterocycles. The molecule has 7 heteroatoms. The van der Waals surface area contributed by atoms with Gasteiger partial charge in [-0.15, -0.1) is 10.2 Å². The first kappa shape index (κ1) is 17.5. The number of pyridine rings is 1. The zero-order chi connectivity index (χ0) is 19.1. The first-order valence-electron chi connectivity index (χ1n) is 9.35. The molecule has 3 aromatic rings. The lowest BCUT2D eigenvalue weighted by molar-refractivity contribution is 0.289. The molecular weight excluding hydrogens is 377 g/mol. The van der Waals surface area contributed by atoms with Gasteiger partial charge in [-0.25, -0.2) is 4.39 Å². The summed E-state index contributed by atoms with van der Waals surface area (Å²) in [5.74, 6) is 1.68. The van der Waals surface area contributed by atoms with E-state index in [0.29, 0.717) is 34.2 Å². The predicted octanol–water partition coefficient (Wildman–Crippen LogP) is 3.87. The highest BCUT2D eigenvalue weighted by molar-refractivity contribution is 6.33. The Morgan fingerprint density at radius 3 is 2.64 bits per heavy atom. The van der Waals surface area contributed by atoms with Gasteiger partial charge in [0.25, 0.3) is 0 Å². The molecular formula is C21H19ClFN5. The largest absolute Gasteiger partial charge is 0.365 e. The average molecular weight is 396 g/mol. The highest BCUT2D eigenvalue weighted by Crippen LogP contribution is 2.47. The van der Waals surface area contributed by atoms with Crippen LogP contribution in [0.3, 0.4) is 0 Å². The summed E-state index contributed by atoms with van der Waals surface area (Å²) in [5.41, 5.74) is 2.23. The normalized spacial score (nSPS) is 23.4. The van der Waals surface area contributed by atoms with Crippen molar-refractivity contribution < 1.29 is 4.39 Å². The molecule has 3 atom stereocenters. The number of piperidine rings is 1. The Morgan fingerprint density at radius 1 is 1.07 bits per heavy atom. The standard InChI is InChI=1S/C21H19ClFN5/c22-18-5-4-13(23)9-15(18)19-6-7-20(27-26-19)25-21-16-11-28(12-17(16)21)10-14-3-1-2-8-24-14/h1-9,16-17,21H,10-12H2,(H,25,27)/t16-,17+,21+. The highest BCUT2D eigenvalue weighted by atomic mass is 35.5. The van der Waals surface area contributed by atoms with Crippen LogP contribution in [0.25, 0.3) is 11.3 Å². The minimum absolute atomic E-state index is 0.343. The molecule has 1 saturated carbocycles. The number of anilines is 1. The fourth-order valence-corrected chi connectivity index (χ4v) is 4.31. The number of aromatic nitrogens is 3. The van der Waals surface area contributed by atoms with Crippen LogP contribution < -0.4 is 5.32 Å². The number of likely N-dealkylation sites (tertiary alicyclic amines) is 1. The SMILES string of the molecule is Fc1ccc(Cl)c(-c2ccc(N[C@H]3[C@@H]4CN(Cc5ccccn5)C[C@@H]43)nn2)c1. The quantitative estimate of drug-likeness (QED) is 0.710. The second-order valence-electron chi connectivity index (χ2n) is 7.44. The molecule has 1 N–H and O–H groups in total. The van der Waals surface area contributed by atoms with Gasteiger partial charge in [-0.1, -0.05) is 17.7 Å². The van der Waals surface area contributed by atoms with Crippen molar-refractivity contribution in [1.29, 1.82) is 0 Å². The van der Waals surface area contributed by atoms with Gasteiger partial charge >= 0.3 is 0 Å². The molecule has 28 heavy (non-hydrogen) atoms. The van der Waals surface area contributed by atoms with Gasteiger partial charge in [-0.3, -0.25) is 9.88 Å². The molecule has 1 aromatic carbocycles. The van der Waals surface area contributed by atoms with Gasteiger partial charge in [0.05, 0.1) is 16.4 Å². The van der Waals surface area contributed by atoms with Crippen LogP contribution >= 0.6 is 11.6 Å². The number of fused-ring (bicyclic) bond motifs is 1. The van der Waals surface area contributed by atoms with E-state index in [1.165, 1.54) is 18.2 Å². The van der Waals surface area contributed by atoms with Crippen LogP contribution in [0.4, 0.5) is 10.2 Å². The zero-order valence-electron chi connectivity index (χ0n) is 15.1. The van der Waals surface area contributed by atoms with Crippen LogP contribution in [0.15, 0.2) is 54.7 Å². The second-order valence-corrected chi connectivity index (χ2v) is 7.85. The summed E-state index contributed by atoms with van der Waals surface area (Å²) in [7, 11) is 0. The minimum atomic E-state index is -0.343. The summed E-state index contributed by atoms with van der Waals surface area (Å²) >= 11 is 6.14. The monoisotopic (exact) mass is 395 g/mol. The summed E-state index contributed by atoms with van der Waals surface area (Å²) < 4.78 is 13.5. The molecule has 0 amide bonds. The van der Waals surface area contributed by atoms with Crippen molar-refractivity contribution in [3.8, 4) is 11.3 Å². The fourth-order valence-electron chi connectivity index (χ4n) is 4.10. The molecule has 1 aliphatic heterocycles. The van der Waals surface area contributed by atoms with Gasteiger partial charge in [-0.2, -0.15) is 0 Å². The molecule has 0 unspecified atom stereocenters. The van der Waals surface area contributed by atoms with Crippen LogP contribution in [-0.4, -0.2) is 39.2 Å². The maximum atomic E-state index is 13.5. The van der Waals surface area contributed by atoms with E-state index in [1.807, 2.05) is 30.5 Å². The van der Waals surface area contributed by atoms with Crippen LogP contribution in [0.5, 0.6) is 0 Å². The van der Waals surface area contributed by atoms with Crippen molar-refractivity contribution in [1.82, 2.24) is 20.1 Å². The van der Waals surface area contributed by atoms with Gasteiger partial charge in [0.15, 0.2) is 0 Å². The highest BCUT2D eigenvalue weighted by Gasteiger charge is 2.55. The Hall–Kier alpha value is -2.57. The Kier molecular flexibility index (Phi) is 4.45. The van der Waals surface area contributed by atoms with E-state index in [9.17, 15) is 4.39 Å². The van der Waals surface area contributed by atoms with Crippen LogP contribution in [-0.2, 0) is 6.54 Å². The van der Waals surface area contributed by atoms with E-state index in [2.05, 4.69) is 31.5 Å². The number of rotatable bonds is 5. The lowest BCUT2D eigenvalue weighted by atomic mass is 10.1. The molecule has 2 fully saturated rings.